The van der Waals surface area contributed by atoms with Crippen LogP contribution >= 0.6 is 0 Å². The number of carbonyl (C=O) groups is 5. The van der Waals surface area contributed by atoms with Crippen LogP contribution in [0.3, 0.4) is 0 Å². The average molecular weight is 332 g/mol. The van der Waals surface area contributed by atoms with Gasteiger partial charge in [-0.2, -0.15) is 0 Å². The fourth-order valence-corrected chi connectivity index (χ4v) is 1.76. The number of amides is 3. The smallest absolute Gasteiger partial charge is 0.418 e. The molecule has 5 N–H and O–H groups in total. The molecule has 0 aromatic heterocycles. The largest absolute Gasteiger partial charge is 0.480 e. The predicted molar refractivity (Wildman–Crippen MR) is 75.8 cm³/mol. The first-order valence-corrected chi connectivity index (χ1v) is 6.52. The maximum Gasteiger partial charge on any atom is 0.418 e. The molecule has 23 heavy (non-hydrogen) atoms. The normalized spacial score (nSPS) is 11.6. The van der Waals surface area contributed by atoms with E-state index in [9.17, 15) is 24.0 Å². The second-order valence-electron chi connectivity index (χ2n) is 4.82. The van der Waals surface area contributed by atoms with E-state index in [1.807, 2.05) is 0 Å². The zero-order chi connectivity index (χ0) is 18.2. The first-order chi connectivity index (χ1) is 10.5. The lowest BCUT2D eigenvalue weighted by Gasteiger charge is -2.30. The van der Waals surface area contributed by atoms with E-state index in [0.717, 1.165) is 11.8 Å². The number of aliphatic carboxylic acids is 1. The molecule has 0 aliphatic heterocycles. The van der Waals surface area contributed by atoms with E-state index >= 15 is 0 Å². The molecule has 0 rings (SSSR count). The van der Waals surface area contributed by atoms with Gasteiger partial charge in [0.1, 0.15) is 6.54 Å². The SMILES string of the molecule is CC(=O)OC(=O)N(CC(N)=O)C[C@H](C)N(CC(N)=O)CC(=O)O. The van der Waals surface area contributed by atoms with Gasteiger partial charge in [0.15, 0.2) is 0 Å². The van der Waals surface area contributed by atoms with E-state index in [1.54, 1.807) is 0 Å². The number of carboxylic acid groups (broad SMARTS) is 1. The highest BCUT2D eigenvalue weighted by Gasteiger charge is 2.26. The highest BCUT2D eigenvalue weighted by Crippen LogP contribution is 2.04. The molecule has 0 aliphatic rings. The number of rotatable bonds is 9. The van der Waals surface area contributed by atoms with Gasteiger partial charge >= 0.3 is 18.0 Å². The Morgan fingerprint density at radius 3 is 1.96 bits per heavy atom. The third-order valence-corrected chi connectivity index (χ3v) is 2.64. The van der Waals surface area contributed by atoms with Crippen molar-refractivity contribution in [1.82, 2.24) is 9.80 Å². The molecule has 0 radical (unpaired) electrons. The van der Waals surface area contributed by atoms with Crippen LogP contribution in [0.25, 0.3) is 0 Å². The zero-order valence-electron chi connectivity index (χ0n) is 12.9. The first kappa shape index (κ1) is 20.3. The Hall–Kier alpha value is -2.69. The Kier molecular flexibility index (Phi) is 8.26. The van der Waals surface area contributed by atoms with Crippen molar-refractivity contribution in [2.45, 2.75) is 19.9 Å². The molecule has 0 aromatic rings. The minimum Gasteiger partial charge on any atom is -0.480 e. The molecule has 0 unspecified atom stereocenters. The van der Waals surface area contributed by atoms with Gasteiger partial charge in [0.05, 0.1) is 13.1 Å². The van der Waals surface area contributed by atoms with Crippen LogP contribution in [0.2, 0.25) is 0 Å². The van der Waals surface area contributed by atoms with Crippen LogP contribution in [0, 0.1) is 0 Å². The fourth-order valence-electron chi connectivity index (χ4n) is 1.76. The predicted octanol–water partition coefficient (Wildman–Crippen LogP) is -2.28. The van der Waals surface area contributed by atoms with Gasteiger partial charge < -0.3 is 21.3 Å². The Morgan fingerprint density at radius 2 is 1.57 bits per heavy atom. The van der Waals surface area contributed by atoms with Gasteiger partial charge in [-0.1, -0.05) is 0 Å². The van der Waals surface area contributed by atoms with E-state index < -0.39 is 49.0 Å². The van der Waals surface area contributed by atoms with Crippen molar-refractivity contribution in [3.63, 3.8) is 0 Å². The minimum atomic E-state index is -1.20. The van der Waals surface area contributed by atoms with Crippen molar-refractivity contribution < 1.29 is 33.8 Å². The number of hydrogen-bond donors (Lipinski definition) is 3. The first-order valence-electron chi connectivity index (χ1n) is 6.52. The topological polar surface area (TPSA) is 173 Å². The van der Waals surface area contributed by atoms with Crippen molar-refractivity contribution in [1.29, 1.82) is 0 Å². The quantitative estimate of drug-likeness (QED) is 0.312. The Morgan fingerprint density at radius 1 is 1.04 bits per heavy atom. The summed E-state index contributed by atoms with van der Waals surface area (Å²) in [5.74, 6) is -3.69. The summed E-state index contributed by atoms with van der Waals surface area (Å²) in [6.45, 7) is 0.925. The summed E-state index contributed by atoms with van der Waals surface area (Å²) in [7, 11) is 0. The average Bonchev–Trinajstić information content (AvgIpc) is 2.34. The van der Waals surface area contributed by atoms with Crippen LogP contribution in [0.15, 0.2) is 0 Å². The molecule has 11 nitrogen and oxygen atoms in total. The van der Waals surface area contributed by atoms with Crippen molar-refractivity contribution in [3.05, 3.63) is 0 Å². The Balaban J connectivity index is 5.06. The summed E-state index contributed by atoms with van der Waals surface area (Å²) in [6.07, 6.45) is -1.10. The summed E-state index contributed by atoms with van der Waals surface area (Å²) in [5, 5.41) is 8.84. The highest BCUT2D eigenvalue weighted by molar-refractivity contribution is 5.86. The molecule has 0 saturated heterocycles. The second kappa shape index (κ2) is 9.35. The maximum atomic E-state index is 11.7. The van der Waals surface area contributed by atoms with E-state index in [0.29, 0.717) is 0 Å². The third kappa shape index (κ3) is 9.03. The van der Waals surface area contributed by atoms with Crippen molar-refractivity contribution in [2.24, 2.45) is 11.5 Å². The van der Waals surface area contributed by atoms with Crippen LogP contribution in [0.1, 0.15) is 13.8 Å². The van der Waals surface area contributed by atoms with Crippen LogP contribution in [-0.2, 0) is 23.9 Å². The molecule has 0 fully saturated rings. The molecule has 3 amide bonds. The lowest BCUT2D eigenvalue weighted by Crippen LogP contribution is -2.50. The number of ether oxygens (including phenoxy) is 1. The summed E-state index contributed by atoms with van der Waals surface area (Å²) in [6, 6.07) is -0.669. The van der Waals surface area contributed by atoms with Gasteiger partial charge in [-0.3, -0.25) is 29.0 Å². The van der Waals surface area contributed by atoms with Gasteiger partial charge in [0.25, 0.3) is 0 Å². The molecule has 1 atom stereocenters. The number of carboxylic acids is 1. The van der Waals surface area contributed by atoms with Gasteiger partial charge in [0.2, 0.25) is 11.8 Å². The van der Waals surface area contributed by atoms with Crippen LogP contribution < -0.4 is 11.5 Å². The number of esters is 1. The minimum absolute atomic E-state index is 0.199. The molecule has 0 aromatic carbocycles. The van der Waals surface area contributed by atoms with Crippen molar-refractivity contribution >= 4 is 29.8 Å². The Bertz CT molecular complexity index is 478. The summed E-state index contributed by atoms with van der Waals surface area (Å²) in [5.41, 5.74) is 10.1. The summed E-state index contributed by atoms with van der Waals surface area (Å²) >= 11 is 0. The lowest BCUT2D eigenvalue weighted by molar-refractivity contribution is -0.139. The zero-order valence-corrected chi connectivity index (χ0v) is 12.9. The van der Waals surface area contributed by atoms with E-state index in [4.69, 9.17) is 16.6 Å². The lowest BCUT2D eigenvalue weighted by atomic mass is 10.2. The molecule has 0 saturated carbocycles. The number of primary amides is 2. The molecular formula is C12H20N4O7. The van der Waals surface area contributed by atoms with Crippen molar-refractivity contribution in [3.8, 4) is 0 Å². The standard InChI is InChI=1S/C12H20N4O7/c1-7(15(4-9(13)18)6-11(20)21)3-16(5-10(14)19)12(22)23-8(2)17/h7H,3-6H2,1-2H3,(H2,13,18)(H2,14,19)(H,20,21)/t7-/m0/s1. The van der Waals surface area contributed by atoms with Crippen molar-refractivity contribution in [2.75, 3.05) is 26.2 Å². The van der Waals surface area contributed by atoms with Crippen LogP contribution in [0.5, 0.6) is 0 Å². The maximum absolute atomic E-state index is 11.7. The molecule has 0 bridgehead atoms. The molecule has 0 heterocycles. The molecule has 0 spiro atoms. The summed E-state index contributed by atoms with van der Waals surface area (Å²) in [4.78, 5) is 57.4. The number of nitrogens with two attached hydrogens (primary N) is 2. The molecule has 130 valence electrons. The van der Waals surface area contributed by atoms with E-state index in [2.05, 4.69) is 4.74 Å². The number of carbonyl (C=O) groups excluding carboxylic acids is 4. The second-order valence-corrected chi connectivity index (χ2v) is 4.82. The number of nitrogens with zero attached hydrogens (tertiary/aromatic N) is 2. The van der Waals surface area contributed by atoms with E-state index in [1.165, 1.54) is 11.8 Å². The van der Waals surface area contributed by atoms with Gasteiger partial charge in [-0.15, -0.1) is 0 Å². The van der Waals surface area contributed by atoms with Gasteiger partial charge in [-0.05, 0) is 6.92 Å². The van der Waals surface area contributed by atoms with Crippen LogP contribution in [-0.4, -0.2) is 77.0 Å². The molecule has 11 heteroatoms. The third-order valence-electron chi connectivity index (χ3n) is 2.64. The van der Waals surface area contributed by atoms with Gasteiger partial charge in [-0.25, -0.2) is 4.79 Å². The van der Waals surface area contributed by atoms with Gasteiger partial charge in [0, 0.05) is 19.5 Å². The number of hydrogen-bond acceptors (Lipinski definition) is 7. The molecular weight excluding hydrogens is 312 g/mol. The monoisotopic (exact) mass is 332 g/mol. The molecule has 0 aliphatic carbocycles. The fraction of sp³-hybridized carbons (Fsp3) is 0.583. The Labute approximate surface area is 132 Å². The van der Waals surface area contributed by atoms with Crippen LogP contribution in [0.4, 0.5) is 4.79 Å². The van der Waals surface area contributed by atoms with E-state index in [-0.39, 0.29) is 13.1 Å². The highest BCUT2D eigenvalue weighted by atomic mass is 16.6. The summed E-state index contributed by atoms with van der Waals surface area (Å²) < 4.78 is 4.37.